The normalized spacial score (nSPS) is 35.3. The Hall–Kier alpha value is -0.120. The lowest BCUT2D eigenvalue weighted by Gasteiger charge is -2.51. The lowest BCUT2D eigenvalue weighted by atomic mass is 9.59. The number of methoxy groups -OCH3 is 1. The highest BCUT2D eigenvalue weighted by molar-refractivity contribution is 5.03. The van der Waals surface area contributed by atoms with Crippen LogP contribution >= 0.6 is 0 Å². The van der Waals surface area contributed by atoms with Crippen LogP contribution in [-0.2, 0) is 4.74 Å². The number of hydrogen-bond acceptors (Lipinski definition) is 3. The first-order chi connectivity index (χ1) is 7.93. The van der Waals surface area contributed by atoms with Crippen LogP contribution in [-0.4, -0.2) is 30.5 Å². The van der Waals surface area contributed by atoms with Crippen molar-refractivity contribution in [3.8, 4) is 0 Å². The first kappa shape index (κ1) is 14.9. The number of rotatable bonds is 5. The van der Waals surface area contributed by atoms with E-state index in [1.165, 1.54) is 19.3 Å². The van der Waals surface area contributed by atoms with Crippen LogP contribution in [0, 0.1) is 11.3 Å². The fourth-order valence-electron chi connectivity index (χ4n) is 3.35. The molecule has 3 nitrogen and oxygen atoms in total. The molecular formula is C14H29NO2. The summed E-state index contributed by atoms with van der Waals surface area (Å²) in [5.74, 6) is 0.697. The van der Waals surface area contributed by atoms with Gasteiger partial charge in [0.15, 0.2) is 0 Å². The summed E-state index contributed by atoms with van der Waals surface area (Å²) in [7, 11) is 1.66. The molecule has 4 atom stereocenters. The van der Waals surface area contributed by atoms with E-state index in [0.717, 1.165) is 12.8 Å². The second-order valence-electron chi connectivity index (χ2n) is 5.88. The maximum Gasteiger partial charge on any atom is 0.0945 e. The average Bonchev–Trinajstić information content (AvgIpc) is 2.37. The highest BCUT2D eigenvalue weighted by Gasteiger charge is 2.51. The molecule has 1 saturated carbocycles. The quantitative estimate of drug-likeness (QED) is 0.779. The van der Waals surface area contributed by atoms with Gasteiger partial charge in [-0.05, 0) is 32.6 Å². The van der Waals surface area contributed by atoms with E-state index in [2.05, 4.69) is 6.92 Å². The minimum atomic E-state index is -0.843. The predicted molar refractivity (Wildman–Crippen MR) is 70.8 cm³/mol. The summed E-state index contributed by atoms with van der Waals surface area (Å²) in [4.78, 5) is 0. The molecule has 0 aromatic carbocycles. The number of ether oxygens (including phenoxy) is 1. The molecular weight excluding hydrogens is 214 g/mol. The van der Waals surface area contributed by atoms with Crippen molar-refractivity contribution in [1.29, 1.82) is 0 Å². The van der Waals surface area contributed by atoms with Crippen molar-refractivity contribution < 1.29 is 9.84 Å². The van der Waals surface area contributed by atoms with Crippen molar-refractivity contribution in [3.63, 3.8) is 0 Å². The SMILES string of the molecule is CCC1CCCC(CN)(C(C)(O)C(C)OC)C1. The molecule has 0 amide bonds. The van der Waals surface area contributed by atoms with Crippen LogP contribution in [0.2, 0.25) is 0 Å². The van der Waals surface area contributed by atoms with Crippen LogP contribution in [0.25, 0.3) is 0 Å². The van der Waals surface area contributed by atoms with Gasteiger partial charge in [0.05, 0.1) is 11.7 Å². The molecule has 17 heavy (non-hydrogen) atoms. The van der Waals surface area contributed by atoms with Crippen LogP contribution in [0.15, 0.2) is 0 Å². The average molecular weight is 243 g/mol. The Morgan fingerprint density at radius 1 is 1.59 bits per heavy atom. The lowest BCUT2D eigenvalue weighted by molar-refractivity contribution is -0.166. The van der Waals surface area contributed by atoms with Crippen molar-refractivity contribution in [1.82, 2.24) is 0 Å². The van der Waals surface area contributed by atoms with Crippen molar-refractivity contribution in [2.45, 2.75) is 64.6 Å². The van der Waals surface area contributed by atoms with Gasteiger partial charge in [-0.1, -0.05) is 26.2 Å². The smallest absolute Gasteiger partial charge is 0.0945 e. The maximum absolute atomic E-state index is 10.9. The summed E-state index contributed by atoms with van der Waals surface area (Å²) in [6.45, 7) is 6.61. The molecule has 3 N–H and O–H groups in total. The predicted octanol–water partition coefficient (Wildman–Crippen LogP) is 2.32. The summed E-state index contributed by atoms with van der Waals surface area (Å²) in [6, 6.07) is 0. The summed E-state index contributed by atoms with van der Waals surface area (Å²) in [5.41, 5.74) is 5.00. The van der Waals surface area contributed by atoms with Crippen LogP contribution in [0.1, 0.15) is 52.9 Å². The number of nitrogens with two attached hydrogens (primary N) is 1. The molecule has 1 aliphatic rings. The first-order valence-corrected chi connectivity index (χ1v) is 6.88. The fraction of sp³-hybridized carbons (Fsp3) is 1.00. The van der Waals surface area contributed by atoms with Gasteiger partial charge in [0, 0.05) is 19.1 Å². The molecule has 1 rings (SSSR count). The Kier molecular flexibility index (Phi) is 4.99. The molecule has 0 aromatic rings. The molecule has 0 heterocycles. The van der Waals surface area contributed by atoms with Gasteiger partial charge in [-0.2, -0.15) is 0 Å². The lowest BCUT2D eigenvalue weighted by Crippen LogP contribution is -2.58. The third-order valence-electron chi connectivity index (χ3n) is 5.13. The van der Waals surface area contributed by atoms with Gasteiger partial charge in [-0.15, -0.1) is 0 Å². The van der Waals surface area contributed by atoms with Crippen LogP contribution in [0.4, 0.5) is 0 Å². The maximum atomic E-state index is 10.9. The van der Waals surface area contributed by atoms with Crippen molar-refractivity contribution >= 4 is 0 Å². The van der Waals surface area contributed by atoms with E-state index in [4.69, 9.17) is 10.5 Å². The summed E-state index contributed by atoms with van der Waals surface area (Å²) >= 11 is 0. The van der Waals surface area contributed by atoms with Crippen LogP contribution < -0.4 is 5.73 Å². The summed E-state index contributed by atoms with van der Waals surface area (Å²) < 4.78 is 5.36. The van der Waals surface area contributed by atoms with E-state index >= 15 is 0 Å². The monoisotopic (exact) mass is 243 g/mol. The molecule has 0 spiro atoms. The zero-order valence-corrected chi connectivity index (χ0v) is 11.8. The zero-order chi connectivity index (χ0) is 13.1. The van der Waals surface area contributed by atoms with E-state index in [0.29, 0.717) is 12.5 Å². The Labute approximate surface area is 106 Å². The molecule has 1 fully saturated rings. The Morgan fingerprint density at radius 2 is 2.24 bits per heavy atom. The van der Waals surface area contributed by atoms with Gasteiger partial charge in [0.25, 0.3) is 0 Å². The number of aliphatic hydroxyl groups is 1. The Morgan fingerprint density at radius 3 is 2.71 bits per heavy atom. The zero-order valence-electron chi connectivity index (χ0n) is 11.8. The third-order valence-corrected chi connectivity index (χ3v) is 5.13. The molecule has 1 aliphatic carbocycles. The molecule has 0 saturated heterocycles. The molecule has 102 valence electrons. The topological polar surface area (TPSA) is 55.5 Å². The minimum absolute atomic E-state index is 0.179. The van der Waals surface area contributed by atoms with Crippen molar-refractivity contribution in [3.05, 3.63) is 0 Å². The van der Waals surface area contributed by atoms with E-state index in [9.17, 15) is 5.11 Å². The third kappa shape index (κ3) is 2.67. The molecule has 3 heteroatoms. The highest BCUT2D eigenvalue weighted by atomic mass is 16.5. The Balaban J connectivity index is 2.93. The number of hydrogen-bond donors (Lipinski definition) is 2. The molecule has 4 unspecified atom stereocenters. The van der Waals surface area contributed by atoms with Gasteiger partial charge in [0.1, 0.15) is 0 Å². The van der Waals surface area contributed by atoms with E-state index < -0.39 is 5.60 Å². The second-order valence-corrected chi connectivity index (χ2v) is 5.88. The van der Waals surface area contributed by atoms with Crippen molar-refractivity contribution in [2.24, 2.45) is 17.1 Å². The summed E-state index contributed by atoms with van der Waals surface area (Å²) in [6.07, 6.45) is 5.49. The first-order valence-electron chi connectivity index (χ1n) is 6.88. The Bertz CT molecular complexity index is 242. The summed E-state index contributed by atoms with van der Waals surface area (Å²) in [5, 5.41) is 10.9. The van der Waals surface area contributed by atoms with Crippen LogP contribution in [0.5, 0.6) is 0 Å². The molecule has 0 bridgehead atoms. The molecule has 0 aliphatic heterocycles. The van der Waals surface area contributed by atoms with Crippen molar-refractivity contribution in [2.75, 3.05) is 13.7 Å². The molecule has 0 aromatic heterocycles. The van der Waals surface area contributed by atoms with Gasteiger partial charge in [-0.3, -0.25) is 0 Å². The van der Waals surface area contributed by atoms with Gasteiger partial charge in [0.2, 0.25) is 0 Å². The fourth-order valence-corrected chi connectivity index (χ4v) is 3.35. The van der Waals surface area contributed by atoms with Gasteiger partial charge in [-0.25, -0.2) is 0 Å². The van der Waals surface area contributed by atoms with E-state index in [1.807, 2.05) is 13.8 Å². The van der Waals surface area contributed by atoms with E-state index in [-0.39, 0.29) is 11.5 Å². The molecule has 0 radical (unpaired) electrons. The van der Waals surface area contributed by atoms with E-state index in [1.54, 1.807) is 7.11 Å². The van der Waals surface area contributed by atoms with Crippen LogP contribution in [0.3, 0.4) is 0 Å². The van der Waals surface area contributed by atoms with Gasteiger partial charge < -0.3 is 15.6 Å². The highest BCUT2D eigenvalue weighted by Crippen LogP contribution is 2.48. The van der Waals surface area contributed by atoms with Gasteiger partial charge >= 0.3 is 0 Å². The largest absolute Gasteiger partial charge is 0.387 e. The minimum Gasteiger partial charge on any atom is -0.387 e. The standard InChI is InChI=1S/C14H29NO2/c1-5-12-7-6-8-14(9-12,10-15)13(3,16)11(2)17-4/h11-12,16H,5-10,15H2,1-4H3. The second kappa shape index (κ2) is 5.68.